The van der Waals surface area contributed by atoms with E-state index in [1.165, 1.54) is 0 Å². The Hall–Kier alpha value is -1.89. The van der Waals surface area contributed by atoms with Gasteiger partial charge in [-0.15, -0.1) is 0 Å². The lowest BCUT2D eigenvalue weighted by Crippen LogP contribution is -2.14. The number of benzene rings is 1. The van der Waals surface area contributed by atoms with E-state index in [2.05, 4.69) is 0 Å². The quantitative estimate of drug-likeness (QED) is 0.376. The Balaban J connectivity index is 2.17. The van der Waals surface area contributed by atoms with E-state index in [1.807, 2.05) is 0 Å². The fourth-order valence-electron chi connectivity index (χ4n) is 3.29. The van der Waals surface area contributed by atoms with Crippen LogP contribution in [0.5, 0.6) is 0 Å². The molecule has 0 spiro atoms. The molecule has 0 bridgehead atoms. The molecule has 1 aliphatic carbocycles. The van der Waals surface area contributed by atoms with Crippen LogP contribution in [0, 0.1) is 47.4 Å². The summed E-state index contributed by atoms with van der Waals surface area (Å²) in [5.74, 6) is -7.74. The van der Waals surface area contributed by atoms with E-state index < -0.39 is 58.3 Å². The molecule has 0 aliphatic heterocycles. The fraction of sp³-hybridized carbons (Fsp3) is 0.500. The van der Waals surface area contributed by atoms with E-state index in [-0.39, 0.29) is 12.5 Å². The summed E-state index contributed by atoms with van der Waals surface area (Å²) in [5.41, 5.74) is -1.55. The second-order valence-corrected chi connectivity index (χ2v) is 6.77. The summed E-state index contributed by atoms with van der Waals surface area (Å²) < 4.78 is 59.7. The van der Waals surface area contributed by atoms with Crippen LogP contribution in [-0.2, 0) is 16.1 Å². The summed E-state index contributed by atoms with van der Waals surface area (Å²) in [7, 11) is 0. The van der Waals surface area contributed by atoms with Crippen LogP contribution in [0.4, 0.5) is 17.6 Å². The van der Waals surface area contributed by atoms with E-state index >= 15 is 0 Å². The molecular formula is C18H20F4O3. The Kier molecular flexibility index (Phi) is 5.27. The molecule has 2 unspecified atom stereocenters. The maximum Gasteiger partial charge on any atom is 0.310 e. The SMILES string of the molecule is C/C=C(/CO)C1C(C(=O)OCc2c(F)c(F)c(C)c(F)c2F)C1(C)C. The predicted molar refractivity (Wildman–Crippen MR) is 82.4 cm³/mol. The Bertz CT molecular complexity index is 711. The minimum absolute atomic E-state index is 0.216. The van der Waals surface area contributed by atoms with Gasteiger partial charge in [0.15, 0.2) is 23.3 Å². The molecule has 0 heterocycles. The Morgan fingerprint density at radius 2 is 1.64 bits per heavy atom. The van der Waals surface area contributed by atoms with Crippen molar-refractivity contribution in [3.63, 3.8) is 0 Å². The molecular weight excluding hydrogens is 340 g/mol. The number of aliphatic hydroxyl groups excluding tert-OH is 1. The molecule has 1 aliphatic rings. The van der Waals surface area contributed by atoms with E-state index in [0.29, 0.717) is 5.57 Å². The van der Waals surface area contributed by atoms with Crippen molar-refractivity contribution in [3.05, 3.63) is 46.0 Å². The number of halogens is 4. The van der Waals surface area contributed by atoms with Crippen LogP contribution in [0.25, 0.3) is 0 Å². The van der Waals surface area contributed by atoms with Crippen LogP contribution < -0.4 is 0 Å². The lowest BCUT2D eigenvalue weighted by molar-refractivity contribution is -0.147. The average molecular weight is 360 g/mol. The van der Waals surface area contributed by atoms with Gasteiger partial charge in [0.2, 0.25) is 0 Å². The first-order valence-corrected chi connectivity index (χ1v) is 7.83. The topological polar surface area (TPSA) is 46.5 Å². The highest BCUT2D eigenvalue weighted by Crippen LogP contribution is 2.62. The van der Waals surface area contributed by atoms with Gasteiger partial charge in [-0.25, -0.2) is 17.6 Å². The Morgan fingerprint density at radius 3 is 2.08 bits per heavy atom. The smallest absolute Gasteiger partial charge is 0.310 e. The van der Waals surface area contributed by atoms with Gasteiger partial charge in [-0.2, -0.15) is 0 Å². The molecule has 1 aromatic carbocycles. The van der Waals surface area contributed by atoms with Crippen molar-refractivity contribution in [3.8, 4) is 0 Å². The van der Waals surface area contributed by atoms with Gasteiger partial charge in [-0.1, -0.05) is 19.9 Å². The van der Waals surface area contributed by atoms with E-state index in [4.69, 9.17) is 4.74 Å². The minimum Gasteiger partial charge on any atom is -0.460 e. The highest BCUT2D eigenvalue weighted by molar-refractivity contribution is 5.78. The molecule has 0 amide bonds. The highest BCUT2D eigenvalue weighted by Gasteiger charge is 2.63. The number of hydrogen-bond donors (Lipinski definition) is 1. The second-order valence-electron chi connectivity index (χ2n) is 6.77. The van der Waals surface area contributed by atoms with Crippen LogP contribution in [-0.4, -0.2) is 17.7 Å². The zero-order chi connectivity index (χ0) is 19.1. The largest absolute Gasteiger partial charge is 0.460 e. The second kappa shape index (κ2) is 6.78. The summed E-state index contributed by atoms with van der Waals surface area (Å²) in [5, 5.41) is 9.33. The Morgan fingerprint density at radius 1 is 1.12 bits per heavy atom. The molecule has 1 N–H and O–H groups in total. The number of carbonyl (C=O) groups is 1. The molecule has 1 saturated carbocycles. The third-order valence-corrected chi connectivity index (χ3v) is 4.97. The number of allylic oxidation sites excluding steroid dienone is 1. The van der Waals surface area contributed by atoms with Crippen molar-refractivity contribution in [2.75, 3.05) is 6.61 Å². The number of esters is 1. The van der Waals surface area contributed by atoms with Gasteiger partial charge in [-0.3, -0.25) is 4.79 Å². The molecule has 1 fully saturated rings. The van der Waals surface area contributed by atoms with E-state index in [9.17, 15) is 27.5 Å². The summed E-state index contributed by atoms with van der Waals surface area (Å²) in [6.45, 7) is 5.12. The van der Waals surface area contributed by atoms with Crippen LogP contribution >= 0.6 is 0 Å². The summed E-state index contributed by atoms with van der Waals surface area (Å²) in [6, 6.07) is 0. The molecule has 0 radical (unpaired) electrons. The molecule has 3 nitrogen and oxygen atoms in total. The van der Waals surface area contributed by atoms with Crippen molar-refractivity contribution in [2.45, 2.75) is 34.3 Å². The van der Waals surface area contributed by atoms with Gasteiger partial charge in [0.1, 0.15) is 6.61 Å². The van der Waals surface area contributed by atoms with Crippen molar-refractivity contribution in [1.29, 1.82) is 0 Å². The molecule has 7 heteroatoms. The number of aliphatic hydroxyl groups is 1. The number of rotatable bonds is 5. The summed E-state index contributed by atoms with van der Waals surface area (Å²) in [6.07, 6.45) is 1.70. The first kappa shape index (κ1) is 19.4. The molecule has 1 aromatic rings. The third-order valence-electron chi connectivity index (χ3n) is 4.97. The van der Waals surface area contributed by atoms with Crippen molar-refractivity contribution in [2.24, 2.45) is 17.3 Å². The fourth-order valence-corrected chi connectivity index (χ4v) is 3.29. The lowest BCUT2D eigenvalue weighted by Gasteiger charge is -2.11. The Labute approximate surface area is 143 Å². The van der Waals surface area contributed by atoms with Crippen LogP contribution in [0.1, 0.15) is 31.9 Å². The standard InChI is InChI=1S/C18H20F4O3/c1-5-9(6-23)11-12(18(11,3)4)17(24)25-7-10-15(21)13(19)8(2)14(20)16(10)22/h5,11-12,23H,6-7H2,1-4H3/b9-5-. The monoisotopic (exact) mass is 360 g/mol. The van der Waals surface area contributed by atoms with Crippen LogP contribution in [0.2, 0.25) is 0 Å². The summed E-state index contributed by atoms with van der Waals surface area (Å²) >= 11 is 0. The third kappa shape index (κ3) is 3.17. The van der Waals surface area contributed by atoms with Gasteiger partial charge in [0.05, 0.1) is 18.1 Å². The van der Waals surface area contributed by atoms with Crippen LogP contribution in [0.15, 0.2) is 11.6 Å². The highest BCUT2D eigenvalue weighted by atomic mass is 19.2. The van der Waals surface area contributed by atoms with Gasteiger partial charge in [0, 0.05) is 11.5 Å². The molecule has 138 valence electrons. The molecule has 2 rings (SSSR count). The van der Waals surface area contributed by atoms with E-state index in [1.54, 1.807) is 26.8 Å². The molecule has 0 aromatic heterocycles. The van der Waals surface area contributed by atoms with E-state index in [0.717, 1.165) is 6.92 Å². The zero-order valence-electron chi connectivity index (χ0n) is 14.4. The first-order chi connectivity index (χ1) is 11.6. The maximum atomic E-state index is 13.8. The van der Waals surface area contributed by atoms with Crippen molar-refractivity contribution >= 4 is 5.97 Å². The van der Waals surface area contributed by atoms with Gasteiger partial charge < -0.3 is 9.84 Å². The average Bonchev–Trinajstić information content (AvgIpc) is 3.14. The van der Waals surface area contributed by atoms with Gasteiger partial charge in [-0.05, 0) is 24.8 Å². The van der Waals surface area contributed by atoms with Crippen LogP contribution in [0.3, 0.4) is 0 Å². The van der Waals surface area contributed by atoms with Gasteiger partial charge >= 0.3 is 5.97 Å². The lowest BCUT2D eigenvalue weighted by atomic mass is 10.0. The zero-order valence-corrected chi connectivity index (χ0v) is 14.4. The minimum atomic E-state index is -1.57. The summed E-state index contributed by atoms with van der Waals surface area (Å²) in [4.78, 5) is 12.2. The molecule has 2 atom stereocenters. The predicted octanol–water partition coefficient (Wildman–Crippen LogP) is 3.81. The number of hydrogen-bond acceptors (Lipinski definition) is 3. The number of ether oxygens (including phenoxy) is 1. The van der Waals surface area contributed by atoms with Crippen molar-refractivity contribution in [1.82, 2.24) is 0 Å². The first-order valence-electron chi connectivity index (χ1n) is 7.83. The van der Waals surface area contributed by atoms with Crippen molar-refractivity contribution < 1.29 is 32.2 Å². The maximum absolute atomic E-state index is 13.8. The number of carbonyl (C=O) groups excluding carboxylic acids is 1. The molecule has 0 saturated heterocycles. The normalized spacial score (nSPS) is 22.0. The molecule has 25 heavy (non-hydrogen) atoms. The van der Waals surface area contributed by atoms with Gasteiger partial charge in [0.25, 0.3) is 0 Å².